The summed E-state index contributed by atoms with van der Waals surface area (Å²) in [5, 5.41) is 2.76. The van der Waals surface area contributed by atoms with E-state index in [4.69, 9.17) is 4.42 Å². The Morgan fingerprint density at radius 3 is 2.85 bits per heavy atom. The fraction of sp³-hybridized carbons (Fsp3) is 0.154. The van der Waals surface area contributed by atoms with Crippen LogP contribution >= 0.6 is 15.9 Å². The number of carbonyl (C=O) groups is 1. The van der Waals surface area contributed by atoms with Crippen LogP contribution in [-0.4, -0.2) is 13.1 Å². The first-order valence-electron chi connectivity index (χ1n) is 5.56. The number of benzene rings is 1. The second-order valence-corrected chi connectivity index (χ2v) is 4.72. The third-order valence-electron chi connectivity index (χ3n) is 2.60. The molecular formula is C13H10BrF2NO3. The molecule has 2 aromatic rings. The van der Waals surface area contributed by atoms with Gasteiger partial charge >= 0.3 is 5.97 Å². The number of hydrogen-bond acceptors (Lipinski definition) is 4. The van der Waals surface area contributed by atoms with E-state index in [0.29, 0.717) is 5.56 Å². The van der Waals surface area contributed by atoms with Crippen molar-refractivity contribution >= 4 is 27.6 Å². The van der Waals surface area contributed by atoms with Gasteiger partial charge in [-0.2, -0.15) is 0 Å². The molecule has 0 saturated carbocycles. The first kappa shape index (κ1) is 14.5. The van der Waals surface area contributed by atoms with Crippen LogP contribution in [-0.2, 0) is 11.3 Å². The number of nitrogens with one attached hydrogen (secondary N) is 1. The predicted octanol–water partition coefficient (Wildman–Crippen LogP) is 3.72. The molecule has 0 aliphatic rings. The van der Waals surface area contributed by atoms with Gasteiger partial charge in [0.2, 0.25) is 5.76 Å². The lowest BCUT2D eigenvalue weighted by Crippen LogP contribution is -2.07. The standard InChI is InChI=1S/C13H10BrF2NO3/c1-19-13(18)12-7(2-3-20-12)6-17-11-4-8(14)9(15)5-10(11)16/h2-5,17H,6H2,1H3. The highest BCUT2D eigenvalue weighted by atomic mass is 79.9. The van der Waals surface area contributed by atoms with Crippen LogP contribution in [0.25, 0.3) is 0 Å². The SMILES string of the molecule is COC(=O)c1occc1CNc1cc(Br)c(F)cc1F. The molecule has 0 radical (unpaired) electrons. The smallest absolute Gasteiger partial charge is 0.374 e. The van der Waals surface area contributed by atoms with E-state index in [1.54, 1.807) is 6.07 Å². The molecule has 1 aromatic heterocycles. The Morgan fingerprint density at radius 1 is 1.40 bits per heavy atom. The van der Waals surface area contributed by atoms with Gasteiger partial charge in [0.15, 0.2) is 0 Å². The number of rotatable bonds is 4. The fourth-order valence-corrected chi connectivity index (χ4v) is 1.94. The van der Waals surface area contributed by atoms with Gasteiger partial charge in [0, 0.05) is 18.2 Å². The molecule has 0 fully saturated rings. The van der Waals surface area contributed by atoms with Gasteiger partial charge in [0.25, 0.3) is 0 Å². The molecule has 0 aliphatic heterocycles. The normalized spacial score (nSPS) is 10.4. The summed E-state index contributed by atoms with van der Waals surface area (Å²) in [6.07, 6.45) is 1.33. The van der Waals surface area contributed by atoms with Crippen LogP contribution in [0.3, 0.4) is 0 Å². The maximum atomic E-state index is 13.5. The molecule has 0 unspecified atom stereocenters. The van der Waals surface area contributed by atoms with E-state index >= 15 is 0 Å². The third-order valence-corrected chi connectivity index (χ3v) is 3.20. The number of hydrogen-bond donors (Lipinski definition) is 1. The first-order chi connectivity index (χ1) is 9.52. The highest BCUT2D eigenvalue weighted by Crippen LogP contribution is 2.24. The number of halogens is 3. The van der Waals surface area contributed by atoms with Gasteiger partial charge < -0.3 is 14.5 Å². The minimum absolute atomic E-state index is 0.0431. The molecule has 0 atom stereocenters. The van der Waals surface area contributed by atoms with Crippen LogP contribution in [0.5, 0.6) is 0 Å². The van der Waals surface area contributed by atoms with E-state index in [1.165, 1.54) is 19.4 Å². The Morgan fingerprint density at radius 2 is 2.15 bits per heavy atom. The Hall–Kier alpha value is -1.89. The molecule has 20 heavy (non-hydrogen) atoms. The van der Waals surface area contributed by atoms with E-state index in [0.717, 1.165) is 6.07 Å². The topological polar surface area (TPSA) is 51.5 Å². The van der Waals surface area contributed by atoms with E-state index in [2.05, 4.69) is 26.0 Å². The maximum Gasteiger partial charge on any atom is 0.374 e. The van der Waals surface area contributed by atoms with Crippen LogP contribution < -0.4 is 5.32 Å². The molecule has 0 amide bonds. The minimum Gasteiger partial charge on any atom is -0.463 e. The van der Waals surface area contributed by atoms with Crippen LogP contribution in [0.2, 0.25) is 0 Å². The monoisotopic (exact) mass is 345 g/mol. The summed E-state index contributed by atoms with van der Waals surface area (Å²) in [6, 6.07) is 3.61. The van der Waals surface area contributed by atoms with Gasteiger partial charge in [-0.05, 0) is 28.1 Å². The molecule has 7 heteroatoms. The van der Waals surface area contributed by atoms with Gasteiger partial charge in [-0.15, -0.1) is 0 Å². The second kappa shape index (κ2) is 6.04. The molecule has 1 heterocycles. The molecule has 106 valence electrons. The lowest BCUT2D eigenvalue weighted by molar-refractivity contribution is 0.0563. The zero-order valence-corrected chi connectivity index (χ0v) is 12.0. The van der Waals surface area contributed by atoms with Crippen molar-refractivity contribution in [2.75, 3.05) is 12.4 Å². The summed E-state index contributed by atoms with van der Waals surface area (Å²) in [4.78, 5) is 11.4. The van der Waals surface area contributed by atoms with Crippen LogP contribution in [0.1, 0.15) is 16.1 Å². The summed E-state index contributed by atoms with van der Waals surface area (Å²) in [7, 11) is 1.23. The van der Waals surface area contributed by atoms with Crippen LogP contribution in [0, 0.1) is 11.6 Å². The van der Waals surface area contributed by atoms with E-state index in [1.807, 2.05) is 0 Å². The second-order valence-electron chi connectivity index (χ2n) is 3.87. The van der Waals surface area contributed by atoms with Crippen molar-refractivity contribution in [1.29, 1.82) is 0 Å². The lowest BCUT2D eigenvalue weighted by Gasteiger charge is -2.08. The number of anilines is 1. The van der Waals surface area contributed by atoms with E-state index in [-0.39, 0.29) is 22.5 Å². The molecule has 4 nitrogen and oxygen atoms in total. The zero-order chi connectivity index (χ0) is 14.7. The zero-order valence-electron chi connectivity index (χ0n) is 10.4. The van der Waals surface area contributed by atoms with Crippen molar-refractivity contribution in [1.82, 2.24) is 0 Å². The quantitative estimate of drug-likeness (QED) is 0.677. The molecule has 2 rings (SSSR count). The van der Waals surface area contributed by atoms with Gasteiger partial charge in [-0.25, -0.2) is 13.6 Å². The van der Waals surface area contributed by atoms with Crippen molar-refractivity contribution in [3.05, 3.63) is 51.9 Å². The highest BCUT2D eigenvalue weighted by Gasteiger charge is 2.16. The summed E-state index contributed by atoms with van der Waals surface area (Å²) < 4.78 is 36.3. The van der Waals surface area contributed by atoms with E-state index < -0.39 is 17.6 Å². The largest absolute Gasteiger partial charge is 0.463 e. The lowest BCUT2D eigenvalue weighted by atomic mass is 10.2. The van der Waals surface area contributed by atoms with Gasteiger partial charge in [-0.3, -0.25) is 0 Å². The summed E-state index contributed by atoms with van der Waals surface area (Å²) in [5.74, 6) is -1.99. The molecule has 0 aliphatic carbocycles. The molecule has 0 saturated heterocycles. The third kappa shape index (κ3) is 2.98. The average Bonchev–Trinajstić information content (AvgIpc) is 2.89. The number of ether oxygens (including phenoxy) is 1. The number of methoxy groups -OCH3 is 1. The van der Waals surface area contributed by atoms with Crippen molar-refractivity contribution in [3.8, 4) is 0 Å². The fourth-order valence-electron chi connectivity index (χ4n) is 1.60. The number of esters is 1. The molecule has 0 spiro atoms. The van der Waals surface area contributed by atoms with Crippen LogP contribution in [0.4, 0.5) is 14.5 Å². The molecule has 1 N–H and O–H groups in total. The predicted molar refractivity (Wildman–Crippen MR) is 71.4 cm³/mol. The average molecular weight is 346 g/mol. The first-order valence-corrected chi connectivity index (χ1v) is 6.35. The molecular weight excluding hydrogens is 336 g/mol. The molecule has 1 aromatic carbocycles. The van der Waals surface area contributed by atoms with E-state index in [9.17, 15) is 13.6 Å². The van der Waals surface area contributed by atoms with Crippen molar-refractivity contribution in [2.24, 2.45) is 0 Å². The van der Waals surface area contributed by atoms with Gasteiger partial charge in [-0.1, -0.05) is 0 Å². The van der Waals surface area contributed by atoms with Gasteiger partial charge in [0.1, 0.15) is 11.6 Å². The van der Waals surface area contributed by atoms with Crippen molar-refractivity contribution in [2.45, 2.75) is 6.54 Å². The summed E-state index contributed by atoms with van der Waals surface area (Å²) >= 11 is 2.97. The minimum atomic E-state index is -0.728. The Labute approximate surface area is 121 Å². The Balaban J connectivity index is 2.15. The van der Waals surface area contributed by atoms with Crippen molar-refractivity contribution < 1.29 is 22.7 Å². The van der Waals surface area contributed by atoms with Crippen LogP contribution in [0.15, 0.2) is 33.4 Å². The Kier molecular flexibility index (Phi) is 4.39. The Bertz CT molecular complexity index is 643. The summed E-state index contributed by atoms with van der Waals surface area (Å²) in [5.41, 5.74) is 0.618. The number of furan rings is 1. The summed E-state index contributed by atoms with van der Waals surface area (Å²) in [6.45, 7) is 0.135. The van der Waals surface area contributed by atoms with Gasteiger partial charge in [0.05, 0.1) is 23.5 Å². The van der Waals surface area contributed by atoms with Crippen molar-refractivity contribution in [3.63, 3.8) is 0 Å². The highest BCUT2D eigenvalue weighted by molar-refractivity contribution is 9.10. The number of carbonyl (C=O) groups excluding carboxylic acids is 1. The maximum absolute atomic E-state index is 13.5. The molecule has 0 bridgehead atoms.